The number of allylic oxidation sites excluding steroid dienone is 1. The van der Waals surface area contributed by atoms with Gasteiger partial charge < -0.3 is 5.73 Å². The number of rotatable bonds is 4. The maximum absolute atomic E-state index is 11.0. The summed E-state index contributed by atoms with van der Waals surface area (Å²) in [5.74, 6) is -0.0923. The van der Waals surface area contributed by atoms with Gasteiger partial charge in [-0.15, -0.1) is 6.58 Å². The number of nitrogens with zero attached hydrogens (tertiary/aromatic N) is 2. The minimum absolute atomic E-state index is 0.0276. The Bertz CT molecular complexity index is 290. The molecule has 0 aromatic carbocycles. The van der Waals surface area contributed by atoms with Crippen molar-refractivity contribution in [1.29, 1.82) is 0 Å². The van der Waals surface area contributed by atoms with E-state index in [9.17, 15) is 4.79 Å². The zero-order valence-electron chi connectivity index (χ0n) is 6.73. The summed E-state index contributed by atoms with van der Waals surface area (Å²) in [5.41, 5.74) is 5.74. The highest BCUT2D eigenvalue weighted by molar-refractivity contribution is 5.96. The molecule has 0 radical (unpaired) electrons. The first kappa shape index (κ1) is 8.67. The molecule has 4 nitrogen and oxygen atoms in total. The summed E-state index contributed by atoms with van der Waals surface area (Å²) in [6, 6.07) is 0. The molecule has 0 aliphatic heterocycles. The number of Topliss-reactive ketones (excluding diaryl/α,β-unsaturated/α-hetero) is 1. The van der Waals surface area contributed by atoms with E-state index in [2.05, 4.69) is 11.7 Å². The molecule has 0 aliphatic rings. The fourth-order valence-corrected chi connectivity index (χ4v) is 0.858. The smallest absolute Gasteiger partial charge is 0.179 e. The summed E-state index contributed by atoms with van der Waals surface area (Å²) in [6.07, 6.45) is 4.89. The highest BCUT2D eigenvalue weighted by Gasteiger charge is 2.04. The molecule has 0 amide bonds. The normalized spacial score (nSPS) is 9.75. The van der Waals surface area contributed by atoms with Crippen LogP contribution in [0.1, 0.15) is 10.4 Å². The molecule has 1 aromatic heterocycles. The second-order valence-electron chi connectivity index (χ2n) is 2.37. The van der Waals surface area contributed by atoms with Crippen LogP contribution in [-0.4, -0.2) is 22.1 Å². The molecular formula is C8H11N3O. The van der Waals surface area contributed by atoms with E-state index in [1.165, 1.54) is 6.20 Å². The summed E-state index contributed by atoms with van der Waals surface area (Å²) < 4.78 is 1.63. The zero-order chi connectivity index (χ0) is 8.97. The van der Waals surface area contributed by atoms with Crippen LogP contribution in [0.15, 0.2) is 25.0 Å². The number of ketones is 1. The van der Waals surface area contributed by atoms with Crippen molar-refractivity contribution >= 4 is 5.78 Å². The summed E-state index contributed by atoms with van der Waals surface area (Å²) in [5, 5.41) is 3.94. The van der Waals surface area contributed by atoms with Crippen LogP contribution in [0.25, 0.3) is 0 Å². The first-order chi connectivity index (χ1) is 5.77. The third kappa shape index (κ3) is 1.79. The predicted molar refractivity (Wildman–Crippen MR) is 45.8 cm³/mol. The molecule has 1 rings (SSSR count). The van der Waals surface area contributed by atoms with Gasteiger partial charge in [0, 0.05) is 6.20 Å². The number of hydrogen-bond donors (Lipinski definition) is 1. The van der Waals surface area contributed by atoms with Crippen molar-refractivity contribution in [1.82, 2.24) is 9.78 Å². The molecule has 0 spiro atoms. The standard InChI is InChI=1S/C8H11N3O/c1-2-3-11-6-7(5-10-11)8(12)4-9/h2,5-6H,1,3-4,9H2. The maximum Gasteiger partial charge on any atom is 0.179 e. The monoisotopic (exact) mass is 165 g/mol. The largest absolute Gasteiger partial charge is 0.324 e. The molecule has 0 saturated heterocycles. The summed E-state index contributed by atoms with van der Waals surface area (Å²) in [4.78, 5) is 11.0. The summed E-state index contributed by atoms with van der Waals surface area (Å²) >= 11 is 0. The molecule has 0 aliphatic carbocycles. The van der Waals surface area contributed by atoms with Gasteiger partial charge in [0.1, 0.15) is 0 Å². The second-order valence-corrected chi connectivity index (χ2v) is 2.37. The van der Waals surface area contributed by atoms with Gasteiger partial charge in [0.2, 0.25) is 0 Å². The lowest BCUT2D eigenvalue weighted by Crippen LogP contribution is -2.12. The Labute approximate surface area is 70.7 Å². The third-order valence-electron chi connectivity index (χ3n) is 1.46. The molecule has 0 saturated carbocycles. The molecular weight excluding hydrogens is 154 g/mol. The lowest BCUT2D eigenvalue weighted by Gasteiger charge is -1.91. The van der Waals surface area contributed by atoms with Gasteiger partial charge in [-0.1, -0.05) is 6.08 Å². The van der Waals surface area contributed by atoms with Crippen molar-refractivity contribution in [3.05, 3.63) is 30.6 Å². The van der Waals surface area contributed by atoms with Crippen molar-refractivity contribution in [2.75, 3.05) is 6.54 Å². The molecule has 0 fully saturated rings. The van der Waals surface area contributed by atoms with Crippen LogP contribution in [0.5, 0.6) is 0 Å². The number of hydrogen-bond acceptors (Lipinski definition) is 3. The Hall–Kier alpha value is -1.42. The van der Waals surface area contributed by atoms with Crippen LogP contribution < -0.4 is 5.73 Å². The first-order valence-electron chi connectivity index (χ1n) is 3.64. The van der Waals surface area contributed by atoms with Gasteiger partial charge >= 0.3 is 0 Å². The van der Waals surface area contributed by atoms with Gasteiger partial charge in [-0.3, -0.25) is 9.48 Å². The highest BCUT2D eigenvalue weighted by Crippen LogP contribution is 1.97. The van der Waals surface area contributed by atoms with E-state index in [1.807, 2.05) is 0 Å². The topological polar surface area (TPSA) is 60.9 Å². The van der Waals surface area contributed by atoms with Crippen molar-refractivity contribution < 1.29 is 4.79 Å². The lowest BCUT2D eigenvalue weighted by molar-refractivity contribution is 0.100. The molecule has 0 bridgehead atoms. The van der Waals surface area contributed by atoms with Gasteiger partial charge in [0.15, 0.2) is 5.78 Å². The Morgan fingerprint density at radius 3 is 3.17 bits per heavy atom. The number of nitrogens with two attached hydrogens (primary N) is 1. The van der Waals surface area contributed by atoms with Crippen LogP contribution in [0, 0.1) is 0 Å². The SMILES string of the molecule is C=CCn1cc(C(=O)CN)cn1. The van der Waals surface area contributed by atoms with Gasteiger partial charge in [0.05, 0.1) is 24.8 Å². The first-order valence-corrected chi connectivity index (χ1v) is 3.64. The van der Waals surface area contributed by atoms with Crippen LogP contribution in [0.4, 0.5) is 0 Å². The van der Waals surface area contributed by atoms with Crippen molar-refractivity contribution in [2.45, 2.75) is 6.54 Å². The van der Waals surface area contributed by atoms with E-state index in [4.69, 9.17) is 5.73 Å². The third-order valence-corrected chi connectivity index (χ3v) is 1.46. The van der Waals surface area contributed by atoms with Crippen molar-refractivity contribution in [2.24, 2.45) is 5.73 Å². The number of aromatic nitrogens is 2. The molecule has 0 unspecified atom stereocenters. The lowest BCUT2D eigenvalue weighted by atomic mass is 10.2. The zero-order valence-corrected chi connectivity index (χ0v) is 6.73. The maximum atomic E-state index is 11.0. The number of carbonyl (C=O) groups excluding carboxylic acids is 1. The molecule has 12 heavy (non-hydrogen) atoms. The van der Waals surface area contributed by atoms with Gasteiger partial charge in [-0.25, -0.2) is 0 Å². The highest BCUT2D eigenvalue weighted by atomic mass is 16.1. The molecule has 4 heteroatoms. The minimum Gasteiger partial charge on any atom is -0.324 e. The molecule has 0 atom stereocenters. The molecule has 2 N–H and O–H groups in total. The van der Waals surface area contributed by atoms with E-state index >= 15 is 0 Å². The fourth-order valence-electron chi connectivity index (χ4n) is 0.858. The van der Waals surface area contributed by atoms with E-state index < -0.39 is 0 Å². The van der Waals surface area contributed by atoms with Crippen LogP contribution in [0.2, 0.25) is 0 Å². The molecule has 1 aromatic rings. The van der Waals surface area contributed by atoms with Crippen LogP contribution in [0.3, 0.4) is 0 Å². The molecule has 64 valence electrons. The van der Waals surface area contributed by atoms with Gasteiger partial charge in [-0.05, 0) is 0 Å². The van der Waals surface area contributed by atoms with E-state index in [0.29, 0.717) is 12.1 Å². The van der Waals surface area contributed by atoms with E-state index in [0.717, 1.165) is 0 Å². The van der Waals surface area contributed by atoms with Gasteiger partial charge in [-0.2, -0.15) is 5.10 Å². The minimum atomic E-state index is -0.0923. The average Bonchev–Trinajstić information content (AvgIpc) is 2.52. The van der Waals surface area contributed by atoms with Gasteiger partial charge in [0.25, 0.3) is 0 Å². The van der Waals surface area contributed by atoms with Crippen LogP contribution in [-0.2, 0) is 6.54 Å². The second kappa shape index (κ2) is 3.82. The Kier molecular flexibility index (Phi) is 2.76. The van der Waals surface area contributed by atoms with E-state index in [1.54, 1.807) is 17.0 Å². The Balaban J connectivity index is 2.76. The number of carbonyl (C=O) groups is 1. The van der Waals surface area contributed by atoms with Crippen molar-refractivity contribution in [3.8, 4) is 0 Å². The van der Waals surface area contributed by atoms with Crippen LogP contribution >= 0.6 is 0 Å². The summed E-state index contributed by atoms with van der Waals surface area (Å²) in [6.45, 7) is 4.20. The quantitative estimate of drug-likeness (QED) is 0.512. The Morgan fingerprint density at radius 1 is 1.83 bits per heavy atom. The van der Waals surface area contributed by atoms with Crippen molar-refractivity contribution in [3.63, 3.8) is 0 Å². The van der Waals surface area contributed by atoms with E-state index in [-0.39, 0.29) is 12.3 Å². The average molecular weight is 165 g/mol. The predicted octanol–water partition coefficient (Wildman–Crippen LogP) is 0.210. The fraction of sp³-hybridized carbons (Fsp3) is 0.250. The Morgan fingerprint density at radius 2 is 2.58 bits per heavy atom. The molecule has 1 heterocycles. The summed E-state index contributed by atoms with van der Waals surface area (Å²) in [7, 11) is 0.